The van der Waals surface area contributed by atoms with E-state index in [-0.39, 0.29) is 0 Å². The van der Waals surface area contributed by atoms with Crippen LogP contribution in [-0.4, -0.2) is 20.5 Å². The molecule has 0 amide bonds. The Morgan fingerprint density at radius 1 is 1.16 bits per heavy atom. The molecule has 4 rings (SSSR count). The summed E-state index contributed by atoms with van der Waals surface area (Å²) in [5, 5.41) is 14.4. The Bertz CT molecular complexity index is 591. The molecule has 2 saturated carbocycles. The lowest BCUT2D eigenvalue weighted by atomic mass is 10.1. The Balaban J connectivity index is 1.59. The van der Waals surface area contributed by atoms with Gasteiger partial charge in [0, 0.05) is 24.2 Å². The van der Waals surface area contributed by atoms with Crippen LogP contribution in [0.15, 0.2) is 36.5 Å². The number of nitrogens with zero attached hydrogens (tertiary/aromatic N) is 2. The number of rotatable bonds is 4. The van der Waals surface area contributed by atoms with Crippen LogP contribution in [0.3, 0.4) is 0 Å². The van der Waals surface area contributed by atoms with Crippen LogP contribution in [0, 0.1) is 0 Å². The monoisotopic (exact) mass is 254 g/mol. The van der Waals surface area contributed by atoms with Crippen molar-refractivity contribution in [1.29, 1.82) is 0 Å². The third-order valence-corrected chi connectivity index (χ3v) is 4.21. The molecule has 0 bridgehead atoms. The van der Waals surface area contributed by atoms with E-state index in [1.165, 1.54) is 24.1 Å². The first-order chi connectivity index (χ1) is 9.23. The molecule has 3 nitrogen and oxygen atoms in total. The van der Waals surface area contributed by atoms with Crippen LogP contribution in [-0.2, 0) is 6.42 Å². The maximum atomic E-state index is 9.94. The van der Waals surface area contributed by atoms with Crippen molar-refractivity contribution >= 4 is 0 Å². The fourth-order valence-corrected chi connectivity index (χ4v) is 2.67. The first kappa shape index (κ1) is 11.2. The van der Waals surface area contributed by atoms with E-state index in [9.17, 15) is 5.11 Å². The van der Waals surface area contributed by atoms with Gasteiger partial charge < -0.3 is 5.11 Å². The van der Waals surface area contributed by atoms with Crippen molar-refractivity contribution in [2.45, 2.75) is 43.6 Å². The minimum Gasteiger partial charge on any atom is -0.390 e. The minimum absolute atomic E-state index is 0.410. The summed E-state index contributed by atoms with van der Waals surface area (Å²) < 4.78 is 2.05. The van der Waals surface area contributed by atoms with Gasteiger partial charge in [-0.25, -0.2) is 4.68 Å². The highest BCUT2D eigenvalue weighted by atomic mass is 16.3. The standard InChI is InChI=1S/C16H18N2O/c19-16(8-9-16)11-12-1-5-14(6-2-12)18-15(7-10-17-18)13-3-4-13/h1-2,5-7,10,13,19H,3-4,8-9,11H2. The molecule has 19 heavy (non-hydrogen) atoms. The van der Waals surface area contributed by atoms with Crippen LogP contribution in [0.1, 0.15) is 42.9 Å². The Morgan fingerprint density at radius 2 is 1.89 bits per heavy atom. The molecule has 0 aliphatic heterocycles. The normalized spacial score (nSPS) is 20.5. The van der Waals surface area contributed by atoms with E-state index >= 15 is 0 Å². The molecular formula is C16H18N2O. The van der Waals surface area contributed by atoms with Gasteiger partial charge in [-0.3, -0.25) is 0 Å². The Labute approximate surface area is 112 Å². The zero-order chi connectivity index (χ0) is 12.9. The molecule has 2 aromatic rings. The molecule has 0 unspecified atom stereocenters. The molecule has 1 aromatic carbocycles. The molecule has 1 N–H and O–H groups in total. The fraction of sp³-hybridized carbons (Fsp3) is 0.438. The van der Waals surface area contributed by atoms with Crippen molar-refractivity contribution in [3.8, 4) is 5.69 Å². The smallest absolute Gasteiger partial charge is 0.0690 e. The summed E-state index contributed by atoms with van der Waals surface area (Å²) >= 11 is 0. The highest BCUT2D eigenvalue weighted by molar-refractivity contribution is 5.37. The van der Waals surface area contributed by atoms with Crippen molar-refractivity contribution in [3.63, 3.8) is 0 Å². The third kappa shape index (κ3) is 2.19. The van der Waals surface area contributed by atoms with Crippen LogP contribution < -0.4 is 0 Å². The third-order valence-electron chi connectivity index (χ3n) is 4.21. The Kier molecular flexibility index (Phi) is 2.33. The molecule has 0 spiro atoms. The summed E-state index contributed by atoms with van der Waals surface area (Å²) in [5.74, 6) is 0.703. The maximum absolute atomic E-state index is 9.94. The lowest BCUT2D eigenvalue weighted by Gasteiger charge is -2.10. The van der Waals surface area contributed by atoms with E-state index in [1.807, 2.05) is 10.9 Å². The van der Waals surface area contributed by atoms with Crippen LogP contribution >= 0.6 is 0 Å². The van der Waals surface area contributed by atoms with Gasteiger partial charge in [0.2, 0.25) is 0 Å². The molecule has 2 aliphatic carbocycles. The van der Waals surface area contributed by atoms with Gasteiger partial charge in [0.05, 0.1) is 11.3 Å². The van der Waals surface area contributed by atoms with Crippen molar-refractivity contribution in [2.24, 2.45) is 0 Å². The van der Waals surface area contributed by atoms with Gasteiger partial charge in [-0.05, 0) is 49.4 Å². The quantitative estimate of drug-likeness (QED) is 0.911. The molecule has 3 heteroatoms. The van der Waals surface area contributed by atoms with E-state index in [4.69, 9.17) is 0 Å². The average Bonchev–Trinajstić information content (AvgIpc) is 3.33. The van der Waals surface area contributed by atoms with Gasteiger partial charge in [0.25, 0.3) is 0 Å². The Morgan fingerprint density at radius 3 is 2.53 bits per heavy atom. The van der Waals surface area contributed by atoms with Gasteiger partial charge in [-0.2, -0.15) is 5.10 Å². The molecule has 2 aliphatic rings. The fourth-order valence-electron chi connectivity index (χ4n) is 2.67. The van der Waals surface area contributed by atoms with Gasteiger partial charge in [0.15, 0.2) is 0 Å². The van der Waals surface area contributed by atoms with Crippen molar-refractivity contribution < 1.29 is 5.11 Å². The summed E-state index contributed by atoms with van der Waals surface area (Å²) in [5.41, 5.74) is 3.25. The predicted molar refractivity (Wildman–Crippen MR) is 73.4 cm³/mol. The topological polar surface area (TPSA) is 38.0 Å². The second-order valence-corrected chi connectivity index (χ2v) is 6.01. The maximum Gasteiger partial charge on any atom is 0.0690 e. The van der Waals surface area contributed by atoms with Gasteiger partial charge in [0.1, 0.15) is 0 Å². The number of aliphatic hydroxyl groups is 1. The minimum atomic E-state index is -0.410. The first-order valence-corrected chi connectivity index (χ1v) is 7.09. The Hall–Kier alpha value is -1.61. The van der Waals surface area contributed by atoms with E-state index in [0.717, 1.165) is 24.9 Å². The van der Waals surface area contributed by atoms with Crippen LogP contribution in [0.4, 0.5) is 0 Å². The molecule has 1 heterocycles. The highest BCUT2D eigenvalue weighted by Crippen LogP contribution is 2.41. The SMILES string of the molecule is OC1(Cc2ccc(-n3nccc3C3CC3)cc2)CC1. The lowest BCUT2D eigenvalue weighted by molar-refractivity contribution is 0.151. The van der Waals surface area contributed by atoms with E-state index in [0.29, 0.717) is 5.92 Å². The molecule has 98 valence electrons. The molecular weight excluding hydrogens is 236 g/mol. The second-order valence-electron chi connectivity index (χ2n) is 6.01. The van der Waals surface area contributed by atoms with Crippen LogP contribution in [0.5, 0.6) is 0 Å². The van der Waals surface area contributed by atoms with Gasteiger partial charge >= 0.3 is 0 Å². The molecule has 0 radical (unpaired) electrons. The summed E-state index contributed by atoms with van der Waals surface area (Å²) in [6, 6.07) is 10.6. The van der Waals surface area contributed by atoms with E-state index in [2.05, 4.69) is 35.4 Å². The summed E-state index contributed by atoms with van der Waals surface area (Å²) in [6.45, 7) is 0. The average molecular weight is 254 g/mol. The second kappa shape index (κ2) is 3.94. The lowest BCUT2D eigenvalue weighted by Crippen LogP contribution is -2.10. The highest BCUT2D eigenvalue weighted by Gasteiger charge is 2.40. The molecule has 0 saturated heterocycles. The number of benzene rings is 1. The van der Waals surface area contributed by atoms with Gasteiger partial charge in [-0.1, -0.05) is 12.1 Å². The first-order valence-electron chi connectivity index (χ1n) is 7.09. The molecule has 0 atom stereocenters. The van der Waals surface area contributed by atoms with Crippen molar-refractivity contribution in [1.82, 2.24) is 9.78 Å². The summed E-state index contributed by atoms with van der Waals surface area (Å²) in [7, 11) is 0. The van der Waals surface area contributed by atoms with Crippen LogP contribution in [0.2, 0.25) is 0 Å². The molecule has 2 fully saturated rings. The molecule has 1 aromatic heterocycles. The number of aromatic nitrogens is 2. The van der Waals surface area contributed by atoms with Gasteiger partial charge in [-0.15, -0.1) is 0 Å². The van der Waals surface area contributed by atoms with Crippen molar-refractivity contribution in [3.05, 3.63) is 47.8 Å². The summed E-state index contributed by atoms with van der Waals surface area (Å²) in [6.07, 6.45) is 7.13. The van der Waals surface area contributed by atoms with Crippen molar-refractivity contribution in [2.75, 3.05) is 0 Å². The zero-order valence-electron chi connectivity index (χ0n) is 10.9. The number of hydrogen-bond acceptors (Lipinski definition) is 2. The number of hydrogen-bond donors (Lipinski definition) is 1. The zero-order valence-corrected chi connectivity index (χ0v) is 10.9. The van der Waals surface area contributed by atoms with Crippen LogP contribution in [0.25, 0.3) is 5.69 Å². The van der Waals surface area contributed by atoms with E-state index in [1.54, 1.807) is 0 Å². The predicted octanol–water partition coefficient (Wildman–Crippen LogP) is 2.82. The largest absolute Gasteiger partial charge is 0.390 e. The van der Waals surface area contributed by atoms with E-state index < -0.39 is 5.60 Å². The summed E-state index contributed by atoms with van der Waals surface area (Å²) in [4.78, 5) is 0.